The van der Waals surface area contributed by atoms with Gasteiger partial charge in [-0.1, -0.05) is 27.7 Å². The van der Waals surface area contributed by atoms with Crippen LogP contribution < -0.4 is 10.6 Å². The zero-order chi connectivity index (χ0) is 23.9. The zero-order valence-corrected chi connectivity index (χ0v) is 20.3. The molecule has 0 aliphatic heterocycles. The van der Waals surface area contributed by atoms with Gasteiger partial charge < -0.3 is 25.2 Å². The number of amides is 2. The Labute approximate surface area is 181 Å². The van der Waals surface area contributed by atoms with Crippen molar-refractivity contribution in [3.8, 4) is 0 Å². The minimum atomic E-state index is -1.54. The molecule has 0 aromatic carbocycles. The van der Waals surface area contributed by atoms with E-state index in [1.54, 1.807) is 41.5 Å². The Hall–Kier alpha value is -1.83. The second-order valence-corrected chi connectivity index (χ2v) is 10.6. The predicted molar refractivity (Wildman–Crippen MR) is 116 cm³/mol. The van der Waals surface area contributed by atoms with Crippen molar-refractivity contribution in [2.75, 3.05) is 0 Å². The van der Waals surface area contributed by atoms with E-state index in [1.165, 1.54) is 0 Å². The molecule has 3 atom stereocenters. The van der Waals surface area contributed by atoms with Gasteiger partial charge in [0.2, 0.25) is 0 Å². The van der Waals surface area contributed by atoms with Crippen molar-refractivity contribution in [2.24, 2.45) is 11.8 Å². The molecule has 0 unspecified atom stereocenters. The molecule has 0 saturated carbocycles. The molecule has 30 heavy (non-hydrogen) atoms. The molecular formula is C22H42N2O6. The van der Waals surface area contributed by atoms with E-state index in [-0.39, 0.29) is 11.8 Å². The molecule has 0 radical (unpaired) electrons. The number of ether oxygens (including phenoxy) is 2. The van der Waals surface area contributed by atoms with Crippen LogP contribution in [-0.4, -0.2) is 52.5 Å². The Morgan fingerprint density at radius 2 is 1.27 bits per heavy atom. The number of aliphatic hydroxyl groups excluding tert-OH is 1. The molecule has 2 amide bonds. The van der Waals surface area contributed by atoms with Crippen LogP contribution in [0.2, 0.25) is 0 Å². The molecule has 0 aromatic rings. The topological polar surface area (TPSA) is 114 Å². The van der Waals surface area contributed by atoms with Crippen LogP contribution >= 0.6 is 0 Å². The van der Waals surface area contributed by atoms with Crippen LogP contribution in [0.15, 0.2) is 0 Å². The van der Waals surface area contributed by atoms with Gasteiger partial charge in [0.15, 0.2) is 6.10 Å². The summed E-state index contributed by atoms with van der Waals surface area (Å²) in [7, 11) is 0. The van der Waals surface area contributed by atoms with Gasteiger partial charge in [-0.3, -0.25) is 4.79 Å². The molecule has 0 fully saturated rings. The van der Waals surface area contributed by atoms with Gasteiger partial charge in [-0.25, -0.2) is 9.59 Å². The van der Waals surface area contributed by atoms with Crippen molar-refractivity contribution in [1.29, 1.82) is 0 Å². The van der Waals surface area contributed by atoms with Crippen LogP contribution in [0.1, 0.15) is 82.1 Å². The third-order valence-corrected chi connectivity index (χ3v) is 3.79. The fourth-order valence-corrected chi connectivity index (χ4v) is 2.73. The van der Waals surface area contributed by atoms with Crippen molar-refractivity contribution in [3.05, 3.63) is 0 Å². The number of hydrogen-bond donors (Lipinski definition) is 3. The highest BCUT2D eigenvalue weighted by Crippen LogP contribution is 2.15. The average molecular weight is 431 g/mol. The summed E-state index contributed by atoms with van der Waals surface area (Å²) in [5.41, 5.74) is -1.41. The lowest BCUT2D eigenvalue weighted by Gasteiger charge is -2.29. The first-order valence-corrected chi connectivity index (χ1v) is 10.6. The second kappa shape index (κ2) is 11.5. The third kappa shape index (κ3) is 12.7. The van der Waals surface area contributed by atoms with E-state index >= 15 is 0 Å². The van der Waals surface area contributed by atoms with Gasteiger partial charge in [0.1, 0.15) is 17.2 Å². The van der Waals surface area contributed by atoms with Crippen molar-refractivity contribution in [1.82, 2.24) is 10.6 Å². The van der Waals surface area contributed by atoms with Gasteiger partial charge in [-0.2, -0.15) is 0 Å². The Kier molecular flexibility index (Phi) is 10.8. The molecule has 0 aliphatic rings. The maximum atomic E-state index is 12.7. The number of nitrogens with one attached hydrogen (secondary N) is 2. The summed E-state index contributed by atoms with van der Waals surface area (Å²) in [5.74, 6) is -1.08. The third-order valence-electron chi connectivity index (χ3n) is 3.79. The van der Waals surface area contributed by atoms with E-state index in [1.807, 2.05) is 27.7 Å². The van der Waals surface area contributed by atoms with Gasteiger partial charge in [-0.15, -0.1) is 0 Å². The van der Waals surface area contributed by atoms with Gasteiger partial charge in [0.05, 0.1) is 6.04 Å². The van der Waals surface area contributed by atoms with Crippen molar-refractivity contribution in [2.45, 2.75) is 111 Å². The molecule has 3 N–H and O–H groups in total. The molecule has 0 aliphatic carbocycles. The normalized spacial score (nSPS) is 15.4. The monoisotopic (exact) mass is 430 g/mol. The maximum absolute atomic E-state index is 12.7. The highest BCUT2D eigenvalue weighted by Gasteiger charge is 2.34. The number of hydrogen-bond acceptors (Lipinski definition) is 6. The number of alkyl carbamates (subject to hydrolysis) is 1. The predicted octanol–water partition coefficient (Wildman–Crippen LogP) is 3.16. The molecule has 0 spiro atoms. The summed E-state index contributed by atoms with van der Waals surface area (Å²) in [6, 6.07) is -1.76. The smallest absolute Gasteiger partial charge is 0.407 e. The summed E-state index contributed by atoms with van der Waals surface area (Å²) >= 11 is 0. The Morgan fingerprint density at radius 3 is 1.67 bits per heavy atom. The summed E-state index contributed by atoms with van der Waals surface area (Å²) in [5, 5.41) is 15.8. The van der Waals surface area contributed by atoms with Crippen LogP contribution in [-0.2, 0) is 19.1 Å². The zero-order valence-electron chi connectivity index (χ0n) is 20.3. The van der Waals surface area contributed by atoms with Crippen LogP contribution in [0.5, 0.6) is 0 Å². The molecule has 176 valence electrons. The average Bonchev–Trinajstić information content (AvgIpc) is 2.48. The fourth-order valence-electron chi connectivity index (χ4n) is 2.73. The highest BCUT2D eigenvalue weighted by molar-refractivity contribution is 5.87. The van der Waals surface area contributed by atoms with Crippen molar-refractivity contribution in [3.63, 3.8) is 0 Å². The van der Waals surface area contributed by atoms with Crippen LogP contribution in [0.4, 0.5) is 4.79 Å². The molecule has 0 bridgehead atoms. The van der Waals surface area contributed by atoms with Crippen LogP contribution in [0.3, 0.4) is 0 Å². The van der Waals surface area contributed by atoms with Crippen LogP contribution in [0, 0.1) is 11.8 Å². The largest absolute Gasteiger partial charge is 0.458 e. The Bertz CT molecular complexity index is 575. The van der Waals surface area contributed by atoms with E-state index in [0.717, 1.165) is 0 Å². The van der Waals surface area contributed by atoms with E-state index < -0.39 is 47.4 Å². The van der Waals surface area contributed by atoms with E-state index in [9.17, 15) is 19.5 Å². The van der Waals surface area contributed by atoms with Crippen LogP contribution in [0.25, 0.3) is 0 Å². The lowest BCUT2D eigenvalue weighted by Crippen LogP contribution is -2.55. The maximum Gasteiger partial charge on any atom is 0.407 e. The van der Waals surface area contributed by atoms with E-state index in [0.29, 0.717) is 12.8 Å². The minimum absolute atomic E-state index is 0.102. The van der Waals surface area contributed by atoms with E-state index in [4.69, 9.17) is 9.47 Å². The molecule has 0 saturated heterocycles. The summed E-state index contributed by atoms with van der Waals surface area (Å²) in [6.07, 6.45) is -1.54. The van der Waals surface area contributed by atoms with Crippen molar-refractivity contribution >= 4 is 18.0 Å². The first-order valence-electron chi connectivity index (χ1n) is 10.6. The standard InChI is InChI=1S/C22H42N2O6/c1-13(2)11-15(24-20(28)30-22(8,9)10)17(25)18(26)23-16(12-14(3)4)19(27)29-21(5,6)7/h13-17,25H,11-12H2,1-10H3,(H,23,26)(H,24,28)/t15-,16-,17+/m0/s1. The number of rotatable bonds is 9. The number of aliphatic hydroxyl groups is 1. The minimum Gasteiger partial charge on any atom is -0.458 e. The molecule has 0 heterocycles. The number of carbonyl (C=O) groups is 3. The van der Waals surface area contributed by atoms with Gasteiger partial charge in [0.25, 0.3) is 5.91 Å². The quantitative estimate of drug-likeness (QED) is 0.484. The molecule has 0 rings (SSSR count). The van der Waals surface area contributed by atoms with Gasteiger partial charge in [0, 0.05) is 0 Å². The fraction of sp³-hybridized carbons (Fsp3) is 0.864. The molecule has 8 nitrogen and oxygen atoms in total. The summed E-state index contributed by atoms with van der Waals surface area (Å²) in [4.78, 5) is 37.4. The first kappa shape index (κ1) is 28.2. The number of esters is 1. The van der Waals surface area contributed by atoms with Crippen molar-refractivity contribution < 1.29 is 29.0 Å². The Balaban J connectivity index is 5.35. The first-order chi connectivity index (χ1) is 13.4. The summed E-state index contributed by atoms with van der Waals surface area (Å²) < 4.78 is 10.6. The Morgan fingerprint density at radius 1 is 0.800 bits per heavy atom. The SMILES string of the molecule is CC(C)C[C@H](NC(=O)[C@H](O)[C@H](CC(C)C)NC(=O)OC(C)(C)C)C(=O)OC(C)(C)C. The van der Waals surface area contributed by atoms with E-state index in [2.05, 4.69) is 10.6 Å². The van der Waals surface area contributed by atoms with Gasteiger partial charge in [-0.05, 0) is 66.2 Å². The highest BCUT2D eigenvalue weighted by atomic mass is 16.6. The number of carbonyl (C=O) groups excluding carboxylic acids is 3. The molecular weight excluding hydrogens is 388 g/mol. The molecule has 0 aromatic heterocycles. The molecule has 8 heteroatoms. The summed E-state index contributed by atoms with van der Waals surface area (Å²) in [6.45, 7) is 18.1. The lowest BCUT2D eigenvalue weighted by atomic mass is 9.97. The second-order valence-electron chi connectivity index (χ2n) is 10.6. The van der Waals surface area contributed by atoms with Gasteiger partial charge >= 0.3 is 12.1 Å². The lowest BCUT2D eigenvalue weighted by molar-refractivity contribution is -0.159.